The summed E-state index contributed by atoms with van der Waals surface area (Å²) >= 11 is 0. The molecule has 1 fully saturated rings. The standard InChI is InChI=1S/C22H23FN4O2/c1-15(2)27-21(28)19-6-4-3-5-18(19)20(24-27)22(29)26-13-11-25(12-14-26)17-9-7-16(23)8-10-17/h3-10,15H,11-14H2,1-2H3. The van der Waals surface area contributed by atoms with Crippen LogP contribution in [0.3, 0.4) is 0 Å². The monoisotopic (exact) mass is 394 g/mol. The second kappa shape index (κ2) is 7.66. The van der Waals surface area contributed by atoms with Gasteiger partial charge in [-0.15, -0.1) is 0 Å². The summed E-state index contributed by atoms with van der Waals surface area (Å²) in [6, 6.07) is 13.4. The molecular formula is C22H23FN4O2. The summed E-state index contributed by atoms with van der Waals surface area (Å²) in [5.41, 5.74) is 1.06. The number of rotatable bonds is 3. The highest BCUT2D eigenvalue weighted by molar-refractivity contribution is 6.04. The summed E-state index contributed by atoms with van der Waals surface area (Å²) in [6.45, 7) is 6.12. The number of piperazine rings is 1. The number of hydrogen-bond acceptors (Lipinski definition) is 4. The van der Waals surface area contributed by atoms with Crippen molar-refractivity contribution in [3.63, 3.8) is 0 Å². The van der Waals surface area contributed by atoms with Crippen molar-refractivity contribution in [3.8, 4) is 0 Å². The molecule has 1 aromatic heterocycles. The van der Waals surface area contributed by atoms with Crippen molar-refractivity contribution in [3.05, 3.63) is 70.4 Å². The number of carbonyl (C=O) groups is 1. The predicted octanol–water partition coefficient (Wildman–Crippen LogP) is 3.08. The number of benzene rings is 2. The van der Waals surface area contributed by atoms with Crippen LogP contribution in [-0.2, 0) is 0 Å². The molecule has 150 valence electrons. The van der Waals surface area contributed by atoms with Gasteiger partial charge in [0.2, 0.25) is 0 Å². The number of amides is 1. The molecular weight excluding hydrogens is 371 g/mol. The second-order valence-corrected chi connectivity index (χ2v) is 7.49. The van der Waals surface area contributed by atoms with E-state index in [1.807, 2.05) is 19.9 Å². The number of anilines is 1. The number of carbonyl (C=O) groups excluding carboxylic acids is 1. The van der Waals surface area contributed by atoms with Crippen LogP contribution in [0.15, 0.2) is 53.3 Å². The summed E-state index contributed by atoms with van der Waals surface area (Å²) in [5.74, 6) is -0.435. The van der Waals surface area contributed by atoms with Gasteiger partial charge in [0, 0.05) is 37.3 Å². The molecule has 3 aromatic rings. The first-order chi connectivity index (χ1) is 14.0. The van der Waals surface area contributed by atoms with Gasteiger partial charge < -0.3 is 9.80 Å². The van der Waals surface area contributed by atoms with Crippen LogP contribution in [0.25, 0.3) is 10.8 Å². The quantitative estimate of drug-likeness (QED) is 0.685. The minimum Gasteiger partial charge on any atom is -0.368 e. The first-order valence-electron chi connectivity index (χ1n) is 9.77. The summed E-state index contributed by atoms with van der Waals surface area (Å²) in [7, 11) is 0. The molecule has 0 atom stereocenters. The number of halogens is 1. The summed E-state index contributed by atoms with van der Waals surface area (Å²) in [5, 5.41) is 5.51. The third kappa shape index (κ3) is 3.60. The maximum atomic E-state index is 13.3. The van der Waals surface area contributed by atoms with Gasteiger partial charge in [-0.2, -0.15) is 5.10 Å². The molecule has 0 bridgehead atoms. The summed E-state index contributed by atoms with van der Waals surface area (Å²) in [6.07, 6.45) is 0. The molecule has 2 aromatic carbocycles. The Kier molecular flexibility index (Phi) is 5.05. The van der Waals surface area contributed by atoms with Gasteiger partial charge in [-0.1, -0.05) is 18.2 Å². The fourth-order valence-corrected chi connectivity index (χ4v) is 3.68. The lowest BCUT2D eigenvalue weighted by Gasteiger charge is -2.36. The van der Waals surface area contributed by atoms with E-state index in [-0.39, 0.29) is 23.3 Å². The minimum atomic E-state index is -0.263. The van der Waals surface area contributed by atoms with E-state index < -0.39 is 0 Å². The molecule has 1 amide bonds. The molecule has 0 N–H and O–H groups in total. The highest BCUT2D eigenvalue weighted by Crippen LogP contribution is 2.20. The van der Waals surface area contributed by atoms with Crippen LogP contribution in [-0.4, -0.2) is 46.8 Å². The van der Waals surface area contributed by atoms with Crippen LogP contribution >= 0.6 is 0 Å². The fourth-order valence-electron chi connectivity index (χ4n) is 3.68. The highest BCUT2D eigenvalue weighted by atomic mass is 19.1. The van der Waals surface area contributed by atoms with Crippen molar-refractivity contribution in [2.24, 2.45) is 0 Å². The molecule has 0 radical (unpaired) electrons. The molecule has 0 unspecified atom stereocenters. The Morgan fingerprint density at radius 1 is 0.966 bits per heavy atom. The number of nitrogens with zero attached hydrogens (tertiary/aromatic N) is 4. The Morgan fingerprint density at radius 3 is 2.21 bits per heavy atom. The van der Waals surface area contributed by atoms with Gasteiger partial charge in [0.05, 0.1) is 11.4 Å². The average Bonchev–Trinajstić information content (AvgIpc) is 2.74. The normalized spacial score (nSPS) is 14.6. The molecule has 6 nitrogen and oxygen atoms in total. The van der Waals surface area contributed by atoms with E-state index >= 15 is 0 Å². The molecule has 0 saturated carbocycles. The van der Waals surface area contributed by atoms with Crippen LogP contribution in [0, 0.1) is 5.82 Å². The van der Waals surface area contributed by atoms with Crippen molar-refractivity contribution in [2.75, 3.05) is 31.1 Å². The molecule has 0 spiro atoms. The topological polar surface area (TPSA) is 58.4 Å². The summed E-state index contributed by atoms with van der Waals surface area (Å²) in [4.78, 5) is 29.9. The Hall–Kier alpha value is -3.22. The molecule has 7 heteroatoms. The van der Waals surface area contributed by atoms with Crippen molar-refractivity contribution < 1.29 is 9.18 Å². The minimum absolute atomic E-state index is 0.144. The summed E-state index contributed by atoms with van der Waals surface area (Å²) < 4.78 is 14.5. The Balaban J connectivity index is 1.61. The van der Waals surface area contributed by atoms with Crippen LogP contribution in [0.4, 0.5) is 10.1 Å². The smallest absolute Gasteiger partial charge is 0.275 e. The maximum absolute atomic E-state index is 13.3. The predicted molar refractivity (Wildman–Crippen MR) is 111 cm³/mol. The molecule has 1 saturated heterocycles. The lowest BCUT2D eigenvalue weighted by Crippen LogP contribution is -2.49. The molecule has 4 rings (SSSR count). The van der Waals surface area contributed by atoms with E-state index in [0.29, 0.717) is 42.6 Å². The first kappa shape index (κ1) is 19.1. The lowest BCUT2D eigenvalue weighted by atomic mass is 10.1. The highest BCUT2D eigenvalue weighted by Gasteiger charge is 2.26. The van der Waals surface area contributed by atoms with E-state index in [9.17, 15) is 14.0 Å². The van der Waals surface area contributed by atoms with Gasteiger partial charge in [0.25, 0.3) is 11.5 Å². The lowest BCUT2D eigenvalue weighted by molar-refractivity contribution is 0.0740. The average molecular weight is 394 g/mol. The van der Waals surface area contributed by atoms with Crippen LogP contribution in [0.5, 0.6) is 0 Å². The van der Waals surface area contributed by atoms with Crippen molar-refractivity contribution in [1.82, 2.24) is 14.7 Å². The van der Waals surface area contributed by atoms with Crippen LogP contribution in [0.1, 0.15) is 30.4 Å². The van der Waals surface area contributed by atoms with E-state index in [4.69, 9.17) is 0 Å². The fraction of sp³-hybridized carbons (Fsp3) is 0.318. The van der Waals surface area contributed by atoms with Gasteiger partial charge in [0.15, 0.2) is 5.69 Å². The molecule has 2 heterocycles. The number of hydrogen-bond donors (Lipinski definition) is 0. The van der Waals surface area contributed by atoms with Crippen LogP contribution < -0.4 is 10.5 Å². The van der Waals surface area contributed by atoms with Gasteiger partial charge in [-0.3, -0.25) is 9.59 Å². The van der Waals surface area contributed by atoms with Crippen molar-refractivity contribution in [2.45, 2.75) is 19.9 Å². The van der Waals surface area contributed by atoms with Gasteiger partial charge in [-0.25, -0.2) is 9.07 Å². The SMILES string of the molecule is CC(C)n1nc(C(=O)N2CCN(c3ccc(F)cc3)CC2)c2ccccc2c1=O. The van der Waals surface area contributed by atoms with Crippen molar-refractivity contribution in [1.29, 1.82) is 0 Å². The Labute approximate surface area is 168 Å². The van der Waals surface area contributed by atoms with E-state index in [1.165, 1.54) is 16.8 Å². The van der Waals surface area contributed by atoms with Gasteiger partial charge >= 0.3 is 0 Å². The molecule has 1 aliphatic heterocycles. The van der Waals surface area contributed by atoms with E-state index in [0.717, 1.165) is 5.69 Å². The number of aromatic nitrogens is 2. The van der Waals surface area contributed by atoms with Gasteiger partial charge in [0.1, 0.15) is 5.82 Å². The second-order valence-electron chi connectivity index (χ2n) is 7.49. The van der Waals surface area contributed by atoms with Crippen LogP contribution in [0.2, 0.25) is 0 Å². The zero-order chi connectivity index (χ0) is 20.5. The molecule has 1 aliphatic rings. The zero-order valence-electron chi connectivity index (χ0n) is 16.5. The maximum Gasteiger partial charge on any atom is 0.275 e. The van der Waals surface area contributed by atoms with Gasteiger partial charge in [-0.05, 0) is 44.2 Å². The zero-order valence-corrected chi connectivity index (χ0v) is 16.5. The van der Waals surface area contributed by atoms with E-state index in [2.05, 4.69) is 10.00 Å². The Bertz CT molecular complexity index is 1100. The largest absolute Gasteiger partial charge is 0.368 e. The third-order valence-corrected chi connectivity index (χ3v) is 5.28. The molecule has 29 heavy (non-hydrogen) atoms. The Morgan fingerprint density at radius 2 is 1.59 bits per heavy atom. The van der Waals surface area contributed by atoms with E-state index in [1.54, 1.807) is 35.2 Å². The number of fused-ring (bicyclic) bond motifs is 1. The molecule has 0 aliphatic carbocycles. The van der Waals surface area contributed by atoms with Crippen molar-refractivity contribution >= 4 is 22.4 Å². The first-order valence-corrected chi connectivity index (χ1v) is 9.77. The third-order valence-electron chi connectivity index (χ3n) is 5.28.